The summed E-state index contributed by atoms with van der Waals surface area (Å²) in [5.74, 6) is -6.65. The largest absolute Gasteiger partial charge is 0.354 e. The van der Waals surface area contributed by atoms with E-state index in [2.05, 4.69) is 67.1 Å². The van der Waals surface area contributed by atoms with E-state index in [0.717, 1.165) is 107 Å². The van der Waals surface area contributed by atoms with Crippen LogP contribution in [0.4, 0.5) is 17.6 Å². The number of nitrogens with one attached hydrogen (secondary N) is 2. The van der Waals surface area contributed by atoms with Gasteiger partial charge >= 0.3 is 0 Å². The normalized spacial score (nSPS) is 12.2. The second-order valence-electron chi connectivity index (χ2n) is 17.4. The van der Waals surface area contributed by atoms with E-state index < -0.39 is 38.8 Å². The Morgan fingerprint density at radius 1 is 0.415 bits per heavy atom. The summed E-state index contributed by atoms with van der Waals surface area (Å²) >= 11 is 0.0934. The summed E-state index contributed by atoms with van der Waals surface area (Å²) in [6.07, 6.45) is 7.36. The zero-order chi connectivity index (χ0) is 46.3. The Hall–Kier alpha value is -6.78. The van der Waals surface area contributed by atoms with Crippen molar-refractivity contribution in [2.45, 2.75) is 74.1 Å². The van der Waals surface area contributed by atoms with E-state index in [-0.39, 0.29) is 28.5 Å². The van der Waals surface area contributed by atoms with Gasteiger partial charge in [-0.25, -0.2) is 27.5 Å². The molecule has 3 aromatic heterocycles. The fraction of sp³-hybridized carbons (Fsp3) is 0.182. The summed E-state index contributed by atoms with van der Waals surface area (Å²) < 4.78 is 65.4. The van der Waals surface area contributed by atoms with Crippen LogP contribution in [0.25, 0.3) is 90.9 Å². The molecule has 0 saturated heterocycles. The zero-order valence-corrected chi connectivity index (χ0v) is 38.6. The molecule has 326 valence electrons. The molecule has 0 fully saturated rings. The van der Waals surface area contributed by atoms with Gasteiger partial charge in [-0.05, 0) is 173 Å². The summed E-state index contributed by atoms with van der Waals surface area (Å²) in [6, 6.07) is 20.2. The monoisotopic (exact) mass is 886 g/mol. The maximum Gasteiger partial charge on any atom is 0.190 e. The molecule has 2 N–H and O–H groups in total. The van der Waals surface area contributed by atoms with Gasteiger partial charge in [-0.15, -0.1) is 0 Å². The van der Waals surface area contributed by atoms with E-state index >= 15 is 17.6 Å². The average molecular weight is 887 g/mol. The lowest BCUT2D eigenvalue weighted by atomic mass is 9.92. The number of aryl methyl sites for hydroxylation is 9. The predicted octanol–water partition coefficient (Wildman–Crippen LogP) is 15.3. The van der Waals surface area contributed by atoms with Gasteiger partial charge in [0.15, 0.2) is 28.4 Å². The van der Waals surface area contributed by atoms with Gasteiger partial charge in [0.1, 0.15) is 0 Å². The highest BCUT2D eigenvalue weighted by atomic mass is 32.2. The molecule has 5 heterocycles. The van der Waals surface area contributed by atoms with E-state index in [1.54, 1.807) is 24.3 Å². The number of hydrogen-bond acceptors (Lipinski definition) is 4. The number of fused-ring (bicyclic) bond motifs is 8. The van der Waals surface area contributed by atoms with Gasteiger partial charge in [-0.3, -0.25) is 4.79 Å². The summed E-state index contributed by atoms with van der Waals surface area (Å²) in [7, 11) is 0. The molecule has 65 heavy (non-hydrogen) atoms. The average Bonchev–Trinajstić information content (AvgIpc) is 4.07. The quantitative estimate of drug-likeness (QED) is 0.103. The maximum absolute atomic E-state index is 16.7. The molecule has 10 heteroatoms. The Morgan fingerprint density at radius 2 is 0.677 bits per heavy atom. The van der Waals surface area contributed by atoms with Crippen LogP contribution < -0.4 is 0 Å². The first kappa shape index (κ1) is 43.5. The molecule has 2 aliphatic rings. The molecule has 0 atom stereocenters. The second-order valence-corrected chi connectivity index (χ2v) is 18.6. The lowest BCUT2D eigenvalue weighted by molar-refractivity contribution is -0.109. The van der Waals surface area contributed by atoms with E-state index in [1.807, 2.05) is 65.8 Å². The Morgan fingerprint density at radius 3 is 0.938 bits per heavy atom. The molecule has 8 bridgehead atoms. The van der Waals surface area contributed by atoms with Crippen LogP contribution in [0, 0.1) is 85.6 Å². The highest BCUT2D eigenvalue weighted by Gasteiger charge is 2.31. The van der Waals surface area contributed by atoms with E-state index in [0.29, 0.717) is 16.9 Å². The number of hydrogen-bond donors (Lipinski definition) is 2. The number of carbonyl (C=O) groups excluding carboxylic acids is 1. The van der Waals surface area contributed by atoms with Gasteiger partial charge in [0.2, 0.25) is 0 Å². The number of benzene rings is 4. The SMILES string of the molecule is CC(=O)Sc1c(F)c(F)c(-c2c3nc(c(-c4c(C)cc(C)cc4C)c4ccc([nH]4)c(-c4c(C)cc(C)cc4C)c4nc(c(-c5c(C)cc(C)cc5C)c5ccc2[nH]5)C=C4)C=C3)c(F)c1F. The molecule has 9 rings (SSSR count). The van der Waals surface area contributed by atoms with Gasteiger partial charge in [-0.1, -0.05) is 53.1 Å². The van der Waals surface area contributed by atoms with Crippen molar-refractivity contribution < 1.29 is 22.4 Å². The molecule has 0 radical (unpaired) electrons. The number of nitrogens with zero attached hydrogens (tertiary/aromatic N) is 2. The number of halogens is 4. The number of rotatable bonds is 5. The molecular weight excluding hydrogens is 841 g/mol. The van der Waals surface area contributed by atoms with E-state index in [9.17, 15) is 4.79 Å². The molecule has 0 amide bonds. The van der Waals surface area contributed by atoms with E-state index in [4.69, 9.17) is 9.97 Å². The fourth-order valence-corrected chi connectivity index (χ4v) is 10.7. The minimum absolute atomic E-state index is 0.0619. The Bertz CT molecular complexity index is 3330. The van der Waals surface area contributed by atoms with Crippen molar-refractivity contribution in [3.63, 3.8) is 0 Å². The molecule has 7 aromatic rings. The van der Waals surface area contributed by atoms with Crippen molar-refractivity contribution in [2.24, 2.45) is 0 Å². The summed E-state index contributed by atoms with van der Waals surface area (Å²) in [6.45, 7) is 19.6. The first-order valence-electron chi connectivity index (χ1n) is 21.4. The van der Waals surface area contributed by atoms with Crippen molar-refractivity contribution >= 4 is 63.2 Å². The molecule has 0 saturated carbocycles. The van der Waals surface area contributed by atoms with Crippen LogP contribution in [0.2, 0.25) is 0 Å². The van der Waals surface area contributed by atoms with Gasteiger partial charge < -0.3 is 9.97 Å². The van der Waals surface area contributed by atoms with Gasteiger partial charge in [0.25, 0.3) is 0 Å². The lowest BCUT2D eigenvalue weighted by Gasteiger charge is -2.15. The van der Waals surface area contributed by atoms with Crippen LogP contribution in [-0.2, 0) is 4.79 Å². The molecule has 0 aliphatic carbocycles. The fourth-order valence-electron chi connectivity index (χ4n) is 10.0. The van der Waals surface area contributed by atoms with E-state index in [1.165, 1.54) is 0 Å². The number of aromatic nitrogens is 4. The topological polar surface area (TPSA) is 74.4 Å². The number of carbonyl (C=O) groups is 1. The van der Waals surface area contributed by atoms with Crippen molar-refractivity contribution in [2.75, 3.05) is 0 Å². The third kappa shape index (κ3) is 7.43. The number of aromatic amines is 2. The predicted molar refractivity (Wildman–Crippen MR) is 260 cm³/mol. The van der Waals surface area contributed by atoms with Crippen LogP contribution in [0.1, 0.15) is 79.8 Å². The van der Waals surface area contributed by atoms with Crippen molar-refractivity contribution in [3.05, 3.63) is 157 Å². The Kier molecular flexibility index (Phi) is 10.9. The third-order valence-electron chi connectivity index (χ3n) is 12.3. The van der Waals surface area contributed by atoms with Gasteiger partial charge in [0.05, 0.1) is 33.2 Å². The highest BCUT2D eigenvalue weighted by Crippen LogP contribution is 2.44. The number of thioether (sulfide) groups is 1. The molecule has 0 unspecified atom stereocenters. The van der Waals surface area contributed by atoms with Crippen molar-refractivity contribution in [1.29, 1.82) is 0 Å². The second kappa shape index (κ2) is 16.3. The minimum Gasteiger partial charge on any atom is -0.354 e. The summed E-state index contributed by atoms with van der Waals surface area (Å²) in [5, 5.41) is -0.733. The minimum atomic E-state index is -1.67. The van der Waals surface area contributed by atoms with Gasteiger partial charge in [0, 0.05) is 51.2 Å². The van der Waals surface area contributed by atoms with Crippen LogP contribution in [0.3, 0.4) is 0 Å². The van der Waals surface area contributed by atoms with Crippen LogP contribution in [0.5, 0.6) is 0 Å². The molecule has 5 nitrogen and oxygen atoms in total. The third-order valence-corrected chi connectivity index (χ3v) is 13.1. The van der Waals surface area contributed by atoms with Crippen LogP contribution in [-0.4, -0.2) is 25.1 Å². The smallest absolute Gasteiger partial charge is 0.190 e. The summed E-state index contributed by atoms with van der Waals surface area (Å²) in [4.78, 5) is 28.7. The standard InChI is InChI=1S/C55H46F4N4OS/c1-25-19-28(4)43(29(5)20-25)46-35-11-13-37(60-35)47(44-30(6)21-26(2)22-31(44)7)39-15-17-41(62-39)49(50-51(56)53(58)55(65-34(10)64)54(59)52(50)57)42-18-16-40(63-42)48(38-14-12-36(46)61-38)45-32(8)23-27(3)24-33(45)9/h11-24,60,63H,1-10H3. The first-order chi connectivity index (χ1) is 30.9. The Balaban J connectivity index is 1.54. The first-order valence-corrected chi connectivity index (χ1v) is 22.2. The maximum atomic E-state index is 16.7. The number of H-pyrrole nitrogens is 2. The highest BCUT2D eigenvalue weighted by molar-refractivity contribution is 8.13. The Labute approximate surface area is 379 Å². The zero-order valence-electron chi connectivity index (χ0n) is 37.8. The van der Waals surface area contributed by atoms with Crippen molar-refractivity contribution in [1.82, 2.24) is 19.9 Å². The molecule has 0 spiro atoms. The van der Waals surface area contributed by atoms with Gasteiger partial charge in [-0.2, -0.15) is 0 Å². The van der Waals surface area contributed by atoms with Crippen LogP contribution in [0.15, 0.2) is 65.6 Å². The summed E-state index contributed by atoms with van der Waals surface area (Å²) in [5.41, 5.74) is 17.6. The van der Waals surface area contributed by atoms with Crippen molar-refractivity contribution in [3.8, 4) is 44.5 Å². The molecule has 4 aromatic carbocycles. The molecule has 2 aliphatic heterocycles. The lowest BCUT2D eigenvalue weighted by Crippen LogP contribution is -2.05. The van der Waals surface area contributed by atoms with Crippen LogP contribution >= 0.6 is 11.8 Å². The molecular formula is C55H46F4N4OS.